The SMILES string of the molecule is CNC(=O)Nc1ccc(C)c(S(=O)(=O)O)c1. The Hall–Kier alpha value is -1.60. The first kappa shape index (κ1) is 12.5. The van der Waals surface area contributed by atoms with Crippen molar-refractivity contribution in [3.8, 4) is 0 Å². The number of carbonyl (C=O) groups excluding carboxylic acids is 1. The van der Waals surface area contributed by atoms with Gasteiger partial charge in [0.05, 0.1) is 4.90 Å². The molecular formula is C9H12N2O4S. The van der Waals surface area contributed by atoms with Gasteiger partial charge in [0.1, 0.15) is 0 Å². The summed E-state index contributed by atoms with van der Waals surface area (Å²) in [5.41, 5.74) is 0.697. The molecule has 88 valence electrons. The van der Waals surface area contributed by atoms with Gasteiger partial charge in [-0.05, 0) is 24.6 Å². The third-order valence-electron chi connectivity index (χ3n) is 1.95. The van der Waals surface area contributed by atoms with E-state index in [2.05, 4.69) is 10.6 Å². The van der Waals surface area contributed by atoms with Crippen molar-refractivity contribution in [1.29, 1.82) is 0 Å². The second-order valence-corrected chi connectivity index (χ2v) is 4.55. The minimum Gasteiger partial charge on any atom is -0.341 e. The smallest absolute Gasteiger partial charge is 0.318 e. The average Bonchev–Trinajstić information content (AvgIpc) is 2.19. The molecule has 0 saturated carbocycles. The molecule has 0 saturated heterocycles. The first-order valence-corrected chi connectivity index (χ1v) is 5.85. The molecule has 1 rings (SSSR count). The first-order chi connectivity index (χ1) is 7.34. The summed E-state index contributed by atoms with van der Waals surface area (Å²) in [7, 11) is -2.83. The molecule has 0 heterocycles. The zero-order chi connectivity index (χ0) is 12.3. The Morgan fingerprint density at radius 2 is 2.00 bits per heavy atom. The van der Waals surface area contributed by atoms with Gasteiger partial charge in [0.2, 0.25) is 0 Å². The lowest BCUT2D eigenvalue weighted by Gasteiger charge is -2.07. The maximum atomic E-state index is 11.0. The van der Waals surface area contributed by atoms with Crippen molar-refractivity contribution < 1.29 is 17.8 Å². The van der Waals surface area contributed by atoms with Gasteiger partial charge in [0.25, 0.3) is 10.1 Å². The van der Waals surface area contributed by atoms with E-state index in [0.29, 0.717) is 5.56 Å². The van der Waals surface area contributed by atoms with Gasteiger partial charge in [-0.25, -0.2) is 4.79 Å². The van der Waals surface area contributed by atoms with Crippen molar-refractivity contribution >= 4 is 21.8 Å². The maximum absolute atomic E-state index is 11.0. The molecule has 0 bridgehead atoms. The van der Waals surface area contributed by atoms with Gasteiger partial charge in [-0.2, -0.15) is 8.42 Å². The van der Waals surface area contributed by atoms with Crippen LogP contribution in [0.25, 0.3) is 0 Å². The summed E-state index contributed by atoms with van der Waals surface area (Å²) in [4.78, 5) is 10.8. The van der Waals surface area contributed by atoms with Crippen LogP contribution in [-0.4, -0.2) is 26.0 Å². The summed E-state index contributed by atoms with van der Waals surface area (Å²) < 4.78 is 30.9. The van der Waals surface area contributed by atoms with Crippen LogP contribution in [0.2, 0.25) is 0 Å². The highest BCUT2D eigenvalue weighted by Crippen LogP contribution is 2.19. The van der Waals surface area contributed by atoms with Crippen molar-refractivity contribution in [2.24, 2.45) is 0 Å². The largest absolute Gasteiger partial charge is 0.341 e. The number of urea groups is 1. The predicted molar refractivity (Wildman–Crippen MR) is 59.1 cm³/mol. The van der Waals surface area contributed by atoms with Crippen molar-refractivity contribution in [3.63, 3.8) is 0 Å². The van der Waals surface area contributed by atoms with Crippen LogP contribution in [0.15, 0.2) is 23.1 Å². The van der Waals surface area contributed by atoms with Crippen LogP contribution in [0.1, 0.15) is 5.56 Å². The molecule has 0 fully saturated rings. The molecule has 0 aliphatic carbocycles. The van der Waals surface area contributed by atoms with E-state index in [1.54, 1.807) is 13.0 Å². The Balaban J connectivity index is 3.13. The number of carbonyl (C=O) groups is 1. The van der Waals surface area contributed by atoms with Gasteiger partial charge >= 0.3 is 6.03 Å². The zero-order valence-electron chi connectivity index (χ0n) is 8.81. The van der Waals surface area contributed by atoms with E-state index in [9.17, 15) is 13.2 Å². The molecule has 1 aromatic carbocycles. The molecule has 16 heavy (non-hydrogen) atoms. The van der Waals surface area contributed by atoms with Crippen LogP contribution in [0.5, 0.6) is 0 Å². The number of amides is 2. The number of hydrogen-bond donors (Lipinski definition) is 3. The fourth-order valence-electron chi connectivity index (χ4n) is 1.15. The molecular weight excluding hydrogens is 232 g/mol. The van der Waals surface area contributed by atoms with Crippen molar-refractivity contribution in [3.05, 3.63) is 23.8 Å². The number of benzene rings is 1. The van der Waals surface area contributed by atoms with Gasteiger partial charge in [-0.1, -0.05) is 6.07 Å². The second-order valence-electron chi connectivity index (χ2n) is 3.16. The fourth-order valence-corrected chi connectivity index (χ4v) is 1.90. The van der Waals surface area contributed by atoms with Crippen LogP contribution in [0.4, 0.5) is 10.5 Å². The molecule has 7 heteroatoms. The number of anilines is 1. The molecule has 0 radical (unpaired) electrons. The quantitative estimate of drug-likeness (QED) is 0.676. The monoisotopic (exact) mass is 244 g/mol. The van der Waals surface area contributed by atoms with E-state index in [-0.39, 0.29) is 10.6 Å². The van der Waals surface area contributed by atoms with Crippen molar-refractivity contribution in [1.82, 2.24) is 5.32 Å². The Labute approximate surface area is 93.4 Å². The number of aryl methyl sites for hydroxylation is 1. The van der Waals surface area contributed by atoms with Gasteiger partial charge < -0.3 is 10.6 Å². The molecule has 0 aliphatic rings. The standard InChI is InChI=1S/C9H12N2O4S/c1-6-3-4-7(11-9(12)10-2)5-8(6)16(13,14)15/h3-5H,1-2H3,(H2,10,11,12)(H,13,14,15). The molecule has 0 unspecified atom stereocenters. The molecule has 0 aromatic heterocycles. The molecule has 1 aromatic rings. The van der Waals surface area contributed by atoms with Crippen LogP contribution in [0.3, 0.4) is 0 Å². The van der Waals surface area contributed by atoms with Gasteiger partial charge in [0.15, 0.2) is 0 Å². The van der Waals surface area contributed by atoms with Gasteiger partial charge in [-0.3, -0.25) is 4.55 Å². The van der Waals surface area contributed by atoms with Crippen molar-refractivity contribution in [2.45, 2.75) is 11.8 Å². The lowest BCUT2D eigenvalue weighted by atomic mass is 10.2. The Morgan fingerprint density at radius 1 is 1.38 bits per heavy atom. The third-order valence-corrected chi connectivity index (χ3v) is 2.95. The normalized spacial score (nSPS) is 10.9. The van der Waals surface area contributed by atoms with E-state index in [0.717, 1.165) is 0 Å². The number of hydrogen-bond acceptors (Lipinski definition) is 3. The summed E-state index contributed by atoms with van der Waals surface area (Å²) in [6, 6.07) is 3.76. The summed E-state index contributed by atoms with van der Waals surface area (Å²) in [6.45, 7) is 1.55. The number of nitrogens with one attached hydrogen (secondary N) is 2. The summed E-state index contributed by atoms with van der Waals surface area (Å²) in [5, 5.41) is 4.73. The highest BCUT2D eigenvalue weighted by Gasteiger charge is 2.14. The first-order valence-electron chi connectivity index (χ1n) is 4.41. The van der Waals surface area contributed by atoms with Crippen molar-refractivity contribution in [2.75, 3.05) is 12.4 Å². The molecule has 6 nitrogen and oxygen atoms in total. The highest BCUT2D eigenvalue weighted by molar-refractivity contribution is 7.85. The van der Waals surface area contributed by atoms with E-state index in [4.69, 9.17) is 4.55 Å². The highest BCUT2D eigenvalue weighted by atomic mass is 32.2. The molecule has 0 spiro atoms. The molecule has 0 atom stereocenters. The van der Waals surface area contributed by atoms with Crippen LogP contribution >= 0.6 is 0 Å². The van der Waals surface area contributed by atoms with Crippen LogP contribution in [0, 0.1) is 6.92 Å². The van der Waals surface area contributed by atoms with Crippen LogP contribution < -0.4 is 10.6 Å². The van der Waals surface area contributed by atoms with E-state index in [1.165, 1.54) is 19.2 Å². The topological polar surface area (TPSA) is 95.5 Å². The second kappa shape index (κ2) is 4.50. The number of rotatable bonds is 2. The lowest BCUT2D eigenvalue weighted by Crippen LogP contribution is -2.24. The third kappa shape index (κ3) is 2.94. The van der Waals surface area contributed by atoms with E-state index >= 15 is 0 Å². The Kier molecular flexibility index (Phi) is 3.51. The molecule has 0 aliphatic heterocycles. The van der Waals surface area contributed by atoms with Crippen LogP contribution in [-0.2, 0) is 10.1 Å². The molecule has 2 amide bonds. The lowest BCUT2D eigenvalue weighted by molar-refractivity contribution is 0.254. The Bertz CT molecular complexity index is 510. The van der Waals surface area contributed by atoms with E-state index in [1.807, 2.05) is 0 Å². The average molecular weight is 244 g/mol. The molecule has 3 N–H and O–H groups in total. The summed E-state index contributed by atoms with van der Waals surface area (Å²) in [6.07, 6.45) is 0. The minimum atomic E-state index is -4.27. The summed E-state index contributed by atoms with van der Waals surface area (Å²) >= 11 is 0. The van der Waals surface area contributed by atoms with Gasteiger partial charge in [0, 0.05) is 12.7 Å². The van der Waals surface area contributed by atoms with E-state index < -0.39 is 16.1 Å². The van der Waals surface area contributed by atoms with Gasteiger partial charge in [-0.15, -0.1) is 0 Å². The summed E-state index contributed by atoms with van der Waals surface area (Å²) in [5.74, 6) is 0. The predicted octanol–water partition coefficient (Wildman–Crippen LogP) is 0.993. The Morgan fingerprint density at radius 3 is 2.50 bits per heavy atom. The minimum absolute atomic E-state index is 0.221. The fraction of sp³-hybridized carbons (Fsp3) is 0.222. The zero-order valence-corrected chi connectivity index (χ0v) is 9.63. The maximum Gasteiger partial charge on any atom is 0.318 e.